The molecule has 0 saturated carbocycles. The molecule has 0 atom stereocenters. The largest absolute Gasteiger partial charge is 0.454 e. The van der Waals surface area contributed by atoms with Crippen molar-refractivity contribution in [1.82, 2.24) is 15.2 Å². The van der Waals surface area contributed by atoms with Gasteiger partial charge in [-0.2, -0.15) is 0 Å². The second-order valence-corrected chi connectivity index (χ2v) is 8.98. The van der Waals surface area contributed by atoms with Gasteiger partial charge in [0.1, 0.15) is 0 Å². The summed E-state index contributed by atoms with van der Waals surface area (Å²) in [5, 5.41) is 3.02. The number of aromatic nitrogens is 1. The lowest BCUT2D eigenvalue weighted by atomic mass is 9.94. The fourth-order valence-electron chi connectivity index (χ4n) is 4.72. The van der Waals surface area contributed by atoms with Crippen molar-refractivity contribution in [1.29, 1.82) is 0 Å². The fraction of sp³-hybridized carbons (Fsp3) is 0.321. The molecule has 7 heteroatoms. The highest BCUT2D eigenvalue weighted by molar-refractivity contribution is 5.95. The van der Waals surface area contributed by atoms with Crippen molar-refractivity contribution in [2.24, 2.45) is 0 Å². The van der Waals surface area contributed by atoms with Gasteiger partial charge in [0.25, 0.3) is 5.91 Å². The third kappa shape index (κ3) is 5.14. The number of amides is 2. The molecular formula is C28H29N3O4. The Morgan fingerprint density at radius 1 is 1.09 bits per heavy atom. The summed E-state index contributed by atoms with van der Waals surface area (Å²) in [7, 11) is 0. The summed E-state index contributed by atoms with van der Waals surface area (Å²) in [5.41, 5.74) is 5.97. The highest BCUT2D eigenvalue weighted by Gasteiger charge is 2.24. The molecule has 3 heterocycles. The van der Waals surface area contributed by atoms with Crippen molar-refractivity contribution < 1.29 is 19.1 Å². The van der Waals surface area contributed by atoms with Crippen LogP contribution in [0.1, 0.15) is 51.1 Å². The van der Waals surface area contributed by atoms with E-state index in [0.29, 0.717) is 43.1 Å². The lowest BCUT2D eigenvalue weighted by molar-refractivity contribution is -0.132. The van der Waals surface area contributed by atoms with Gasteiger partial charge >= 0.3 is 0 Å². The van der Waals surface area contributed by atoms with Crippen molar-refractivity contribution >= 4 is 11.8 Å². The molecule has 180 valence electrons. The zero-order valence-electron chi connectivity index (χ0n) is 19.9. The maximum absolute atomic E-state index is 12.8. The monoisotopic (exact) mass is 471 g/mol. The second-order valence-electron chi connectivity index (χ2n) is 8.98. The molecular weight excluding hydrogens is 442 g/mol. The van der Waals surface area contributed by atoms with E-state index in [0.717, 1.165) is 36.1 Å². The van der Waals surface area contributed by atoms with Gasteiger partial charge in [0.15, 0.2) is 11.5 Å². The number of fused-ring (bicyclic) bond motifs is 2. The van der Waals surface area contributed by atoms with Crippen molar-refractivity contribution in [2.75, 3.05) is 13.3 Å². The number of pyridine rings is 1. The quantitative estimate of drug-likeness (QED) is 0.564. The van der Waals surface area contributed by atoms with Gasteiger partial charge in [-0.15, -0.1) is 0 Å². The Morgan fingerprint density at radius 3 is 2.77 bits per heavy atom. The Hall–Kier alpha value is -3.87. The van der Waals surface area contributed by atoms with E-state index in [1.54, 1.807) is 18.2 Å². The number of ether oxygens (including phenoxy) is 2. The predicted molar refractivity (Wildman–Crippen MR) is 131 cm³/mol. The van der Waals surface area contributed by atoms with E-state index >= 15 is 0 Å². The average Bonchev–Trinajstić information content (AvgIpc) is 3.36. The van der Waals surface area contributed by atoms with Gasteiger partial charge in [-0.1, -0.05) is 30.3 Å². The summed E-state index contributed by atoms with van der Waals surface area (Å²) in [4.78, 5) is 32.1. The summed E-state index contributed by atoms with van der Waals surface area (Å²) in [6.07, 6.45) is 4.93. The van der Waals surface area contributed by atoms with Crippen LogP contribution >= 0.6 is 0 Å². The minimum absolute atomic E-state index is 0.175. The first-order chi connectivity index (χ1) is 17.1. The predicted octanol–water partition coefficient (Wildman–Crippen LogP) is 3.96. The van der Waals surface area contributed by atoms with Crippen LogP contribution in [0.3, 0.4) is 0 Å². The molecule has 2 aliphatic rings. The van der Waals surface area contributed by atoms with Crippen molar-refractivity contribution in [3.05, 3.63) is 88.2 Å². The smallest absolute Gasteiger partial charge is 0.251 e. The number of carbonyl (C=O) groups is 2. The summed E-state index contributed by atoms with van der Waals surface area (Å²) < 4.78 is 10.7. The maximum atomic E-state index is 12.8. The third-order valence-electron chi connectivity index (χ3n) is 6.71. The Morgan fingerprint density at radius 2 is 1.91 bits per heavy atom. The molecule has 5 rings (SSSR count). The maximum Gasteiger partial charge on any atom is 0.251 e. The standard InChI is InChI=1S/C28H29N3O4/c1-19-24(16-30-28(33)21-10-11-25-26(14-21)35-18-34-25)23-12-13-31(17-22(23)15-29-19)27(32)9-5-8-20-6-3-2-4-7-20/h2-4,6-7,10-11,14-15H,5,8-9,12-13,16-18H2,1H3,(H,30,33). The zero-order valence-corrected chi connectivity index (χ0v) is 19.9. The van der Waals surface area contributed by atoms with E-state index in [-0.39, 0.29) is 18.6 Å². The highest BCUT2D eigenvalue weighted by Crippen LogP contribution is 2.32. The number of carbonyl (C=O) groups excluding carboxylic acids is 2. The van der Waals surface area contributed by atoms with E-state index in [9.17, 15) is 9.59 Å². The molecule has 0 spiro atoms. The number of aryl methyl sites for hydroxylation is 2. The molecule has 1 N–H and O–H groups in total. The second kappa shape index (κ2) is 10.2. The Labute approximate surface area is 205 Å². The zero-order chi connectivity index (χ0) is 24.2. The number of nitrogens with one attached hydrogen (secondary N) is 1. The molecule has 2 aliphatic heterocycles. The van der Waals surface area contributed by atoms with E-state index in [4.69, 9.17) is 9.47 Å². The van der Waals surface area contributed by atoms with Gasteiger partial charge in [-0.25, -0.2) is 0 Å². The molecule has 3 aromatic rings. The van der Waals surface area contributed by atoms with Crippen LogP contribution in [-0.4, -0.2) is 35.0 Å². The highest BCUT2D eigenvalue weighted by atomic mass is 16.7. The molecule has 0 radical (unpaired) electrons. The van der Waals surface area contributed by atoms with Gasteiger partial charge in [-0.3, -0.25) is 14.6 Å². The van der Waals surface area contributed by atoms with Crippen LogP contribution in [0.15, 0.2) is 54.7 Å². The first-order valence-corrected chi connectivity index (χ1v) is 12.0. The first kappa shape index (κ1) is 22.9. The normalized spacial score (nSPS) is 13.9. The lowest BCUT2D eigenvalue weighted by Gasteiger charge is -2.30. The van der Waals surface area contributed by atoms with Crippen LogP contribution in [0.5, 0.6) is 11.5 Å². The van der Waals surface area contributed by atoms with Gasteiger partial charge < -0.3 is 19.7 Å². The van der Waals surface area contributed by atoms with E-state index < -0.39 is 0 Å². The molecule has 0 unspecified atom stereocenters. The van der Waals surface area contributed by atoms with Crippen LogP contribution < -0.4 is 14.8 Å². The Balaban J connectivity index is 1.20. The van der Waals surface area contributed by atoms with Gasteiger partial charge in [0, 0.05) is 43.5 Å². The number of benzene rings is 2. The summed E-state index contributed by atoms with van der Waals surface area (Å²) in [5.74, 6) is 1.25. The first-order valence-electron chi connectivity index (χ1n) is 12.0. The average molecular weight is 472 g/mol. The van der Waals surface area contributed by atoms with Gasteiger partial charge in [-0.05, 0) is 66.6 Å². The number of rotatable bonds is 7. The van der Waals surface area contributed by atoms with Crippen molar-refractivity contribution in [3.63, 3.8) is 0 Å². The van der Waals surface area contributed by atoms with Crippen LogP contribution in [0.2, 0.25) is 0 Å². The van der Waals surface area contributed by atoms with Crippen molar-refractivity contribution in [3.8, 4) is 11.5 Å². The molecule has 0 saturated heterocycles. The van der Waals surface area contributed by atoms with E-state index in [1.807, 2.05) is 36.2 Å². The summed E-state index contributed by atoms with van der Waals surface area (Å²) >= 11 is 0. The van der Waals surface area contributed by atoms with Gasteiger partial charge in [0.2, 0.25) is 12.7 Å². The van der Waals surface area contributed by atoms with E-state index in [2.05, 4.69) is 22.4 Å². The third-order valence-corrected chi connectivity index (χ3v) is 6.71. The summed E-state index contributed by atoms with van der Waals surface area (Å²) in [6.45, 7) is 3.78. The topological polar surface area (TPSA) is 80.8 Å². The number of nitrogens with zero attached hydrogens (tertiary/aromatic N) is 2. The van der Waals surface area contributed by atoms with E-state index in [1.165, 1.54) is 11.1 Å². The van der Waals surface area contributed by atoms with Gasteiger partial charge in [0.05, 0.1) is 0 Å². The molecule has 2 amide bonds. The van der Waals surface area contributed by atoms with Crippen LogP contribution in [0.25, 0.3) is 0 Å². The molecule has 35 heavy (non-hydrogen) atoms. The van der Waals surface area contributed by atoms with Crippen LogP contribution in [-0.2, 0) is 30.7 Å². The van der Waals surface area contributed by atoms with Crippen molar-refractivity contribution in [2.45, 2.75) is 45.7 Å². The number of hydrogen-bond donors (Lipinski definition) is 1. The Bertz CT molecular complexity index is 1240. The molecule has 0 bridgehead atoms. The lowest BCUT2D eigenvalue weighted by Crippen LogP contribution is -2.37. The minimum atomic E-state index is -0.175. The van der Waals surface area contributed by atoms with Crippen LogP contribution in [0, 0.1) is 6.92 Å². The summed E-state index contributed by atoms with van der Waals surface area (Å²) in [6, 6.07) is 15.4. The molecule has 0 fully saturated rings. The molecule has 2 aromatic carbocycles. The molecule has 7 nitrogen and oxygen atoms in total. The Kier molecular flexibility index (Phi) is 6.66. The SMILES string of the molecule is Cc1ncc2c(c1CNC(=O)c1ccc3c(c1)OCO3)CCN(C(=O)CCCc1ccccc1)C2. The fourth-order valence-corrected chi connectivity index (χ4v) is 4.72. The molecule has 1 aromatic heterocycles. The number of hydrogen-bond acceptors (Lipinski definition) is 5. The minimum Gasteiger partial charge on any atom is -0.454 e. The van der Waals surface area contributed by atoms with Crippen LogP contribution in [0.4, 0.5) is 0 Å². The molecule has 0 aliphatic carbocycles.